The van der Waals surface area contributed by atoms with Crippen molar-refractivity contribution in [1.29, 1.82) is 0 Å². The molecule has 27 heavy (non-hydrogen) atoms. The molecular weight excluding hydrogens is 362 g/mol. The van der Waals surface area contributed by atoms with E-state index >= 15 is 0 Å². The first-order valence-electron chi connectivity index (χ1n) is 8.82. The molecule has 2 aromatic rings. The summed E-state index contributed by atoms with van der Waals surface area (Å²) in [5.74, 6) is -0.916. The molecule has 1 amide bonds. The normalized spacial score (nSPS) is 15.6. The number of halogens is 4. The molecule has 144 valence electrons. The van der Waals surface area contributed by atoms with E-state index in [2.05, 4.69) is 15.3 Å². The largest absolute Gasteiger partial charge is 0.435 e. The number of aromatic nitrogens is 2. The van der Waals surface area contributed by atoms with E-state index in [0.29, 0.717) is 0 Å². The summed E-state index contributed by atoms with van der Waals surface area (Å²) in [5, 5.41) is 2.34. The molecule has 0 radical (unpaired) electrons. The highest BCUT2D eigenvalue weighted by Gasteiger charge is 2.36. The highest BCUT2D eigenvalue weighted by molar-refractivity contribution is 5.91. The predicted octanol–water partition coefficient (Wildman–Crippen LogP) is 5.21. The van der Waals surface area contributed by atoms with Crippen molar-refractivity contribution in [2.45, 2.75) is 44.7 Å². The summed E-state index contributed by atoms with van der Waals surface area (Å²) in [4.78, 5) is 19.4. The minimum atomic E-state index is -4.76. The smallest absolute Gasteiger partial charge is 0.324 e. The topological polar surface area (TPSA) is 54.9 Å². The van der Waals surface area contributed by atoms with Crippen LogP contribution in [0.5, 0.6) is 0 Å². The summed E-state index contributed by atoms with van der Waals surface area (Å²) in [5.41, 5.74) is -1.54. The van der Waals surface area contributed by atoms with E-state index in [4.69, 9.17) is 0 Å². The van der Waals surface area contributed by atoms with Gasteiger partial charge < -0.3 is 5.32 Å². The molecule has 0 aliphatic heterocycles. The van der Waals surface area contributed by atoms with Crippen LogP contribution >= 0.6 is 0 Å². The fraction of sp³-hybridized carbons (Fsp3) is 0.421. The highest BCUT2D eigenvalue weighted by atomic mass is 19.4. The number of rotatable bonds is 4. The second-order valence-electron chi connectivity index (χ2n) is 6.74. The van der Waals surface area contributed by atoms with Gasteiger partial charge in [-0.3, -0.25) is 9.78 Å². The molecule has 8 heteroatoms. The Morgan fingerprint density at radius 1 is 1.15 bits per heavy atom. The Labute approximate surface area is 154 Å². The fourth-order valence-electron chi connectivity index (χ4n) is 3.34. The van der Waals surface area contributed by atoms with Gasteiger partial charge in [0.25, 0.3) is 0 Å². The van der Waals surface area contributed by atoms with Gasteiger partial charge in [0.1, 0.15) is 5.82 Å². The summed E-state index contributed by atoms with van der Waals surface area (Å²) < 4.78 is 53.6. The summed E-state index contributed by atoms with van der Waals surface area (Å²) >= 11 is 0. The van der Waals surface area contributed by atoms with Crippen LogP contribution in [-0.2, 0) is 11.0 Å². The van der Waals surface area contributed by atoms with Crippen molar-refractivity contribution in [3.8, 4) is 11.3 Å². The Morgan fingerprint density at radius 2 is 1.89 bits per heavy atom. The van der Waals surface area contributed by atoms with E-state index < -0.39 is 29.3 Å². The second kappa shape index (κ2) is 8.02. The van der Waals surface area contributed by atoms with Crippen molar-refractivity contribution in [3.63, 3.8) is 0 Å². The third-order valence-corrected chi connectivity index (χ3v) is 4.64. The third-order valence-electron chi connectivity index (χ3n) is 4.64. The summed E-state index contributed by atoms with van der Waals surface area (Å²) in [6.45, 7) is 0. The van der Waals surface area contributed by atoms with Gasteiger partial charge in [0.15, 0.2) is 5.69 Å². The molecule has 1 aliphatic carbocycles. The molecule has 1 aliphatic rings. The highest BCUT2D eigenvalue weighted by Crippen LogP contribution is 2.35. The molecular formula is C19H19F4N3O. The average molecular weight is 381 g/mol. The number of nitrogens with zero attached hydrogens (tertiary/aromatic N) is 2. The van der Waals surface area contributed by atoms with Crippen molar-refractivity contribution in [2.75, 3.05) is 5.32 Å². The SMILES string of the molecule is O=C(CC1CCCCC1)Nc1ccc(-c2cncc(F)c2)nc1C(F)(F)F. The first-order chi connectivity index (χ1) is 12.8. The lowest BCUT2D eigenvalue weighted by Gasteiger charge is -2.21. The quantitative estimate of drug-likeness (QED) is 0.740. The average Bonchev–Trinajstić information content (AvgIpc) is 2.62. The zero-order chi connectivity index (χ0) is 19.4. The van der Waals surface area contributed by atoms with E-state index in [1.54, 1.807) is 0 Å². The molecule has 1 N–H and O–H groups in total. The Kier molecular flexibility index (Phi) is 5.72. The number of hydrogen-bond acceptors (Lipinski definition) is 3. The Balaban J connectivity index is 1.83. The van der Waals surface area contributed by atoms with E-state index in [1.165, 1.54) is 12.3 Å². The van der Waals surface area contributed by atoms with Crippen molar-refractivity contribution in [2.24, 2.45) is 5.92 Å². The zero-order valence-electron chi connectivity index (χ0n) is 14.5. The van der Waals surface area contributed by atoms with E-state index in [-0.39, 0.29) is 23.6 Å². The van der Waals surface area contributed by atoms with Gasteiger partial charge in [-0.1, -0.05) is 19.3 Å². The van der Waals surface area contributed by atoms with Crippen molar-refractivity contribution >= 4 is 11.6 Å². The Hall–Kier alpha value is -2.51. The van der Waals surface area contributed by atoms with Crippen LogP contribution in [0.2, 0.25) is 0 Å². The van der Waals surface area contributed by atoms with Crippen LogP contribution in [-0.4, -0.2) is 15.9 Å². The minimum absolute atomic E-state index is 0.0698. The van der Waals surface area contributed by atoms with Gasteiger partial charge in [-0.15, -0.1) is 0 Å². The van der Waals surface area contributed by atoms with E-state index in [1.807, 2.05) is 0 Å². The molecule has 1 fully saturated rings. The Morgan fingerprint density at radius 3 is 2.56 bits per heavy atom. The number of hydrogen-bond donors (Lipinski definition) is 1. The molecule has 3 rings (SSSR count). The van der Waals surface area contributed by atoms with Crippen molar-refractivity contribution in [1.82, 2.24) is 9.97 Å². The van der Waals surface area contributed by atoms with Crippen LogP contribution in [0.4, 0.5) is 23.2 Å². The number of carbonyl (C=O) groups excluding carboxylic acids is 1. The van der Waals surface area contributed by atoms with Crippen LogP contribution in [0.3, 0.4) is 0 Å². The maximum atomic E-state index is 13.4. The van der Waals surface area contributed by atoms with Crippen LogP contribution in [0.25, 0.3) is 11.3 Å². The minimum Gasteiger partial charge on any atom is -0.324 e. The summed E-state index contributed by atoms with van der Waals surface area (Å²) in [7, 11) is 0. The maximum absolute atomic E-state index is 13.4. The number of nitrogens with one attached hydrogen (secondary N) is 1. The summed E-state index contributed by atoms with van der Waals surface area (Å²) in [6, 6.07) is 3.51. The number of carbonyl (C=O) groups is 1. The Bertz CT molecular complexity index is 817. The predicted molar refractivity (Wildman–Crippen MR) is 92.2 cm³/mol. The second-order valence-corrected chi connectivity index (χ2v) is 6.74. The lowest BCUT2D eigenvalue weighted by molar-refractivity contribution is -0.140. The standard InChI is InChI=1S/C19H19F4N3O/c20-14-9-13(10-24-11-14)15-6-7-16(18(26-15)19(21,22)23)25-17(27)8-12-4-2-1-3-5-12/h6-7,9-12H,1-5,8H2,(H,25,27). The molecule has 0 atom stereocenters. The lowest BCUT2D eigenvalue weighted by Crippen LogP contribution is -2.21. The van der Waals surface area contributed by atoms with Gasteiger partial charge in [0, 0.05) is 18.2 Å². The van der Waals surface area contributed by atoms with Gasteiger partial charge in [0.05, 0.1) is 17.6 Å². The number of alkyl halides is 3. The summed E-state index contributed by atoms with van der Waals surface area (Å²) in [6.07, 6.45) is 2.69. The van der Waals surface area contributed by atoms with Crippen molar-refractivity contribution < 1.29 is 22.4 Å². The van der Waals surface area contributed by atoms with Gasteiger partial charge in [0.2, 0.25) is 5.91 Å². The van der Waals surface area contributed by atoms with Gasteiger partial charge in [-0.2, -0.15) is 13.2 Å². The molecule has 2 heterocycles. The molecule has 2 aromatic heterocycles. The number of pyridine rings is 2. The van der Waals surface area contributed by atoms with Gasteiger partial charge >= 0.3 is 6.18 Å². The van der Waals surface area contributed by atoms with Gasteiger partial charge in [-0.05, 0) is 37.0 Å². The van der Waals surface area contributed by atoms with Crippen LogP contribution < -0.4 is 5.32 Å². The molecule has 0 unspecified atom stereocenters. The third kappa shape index (κ3) is 5.02. The van der Waals surface area contributed by atoms with Crippen LogP contribution in [0.15, 0.2) is 30.6 Å². The fourth-order valence-corrected chi connectivity index (χ4v) is 3.34. The van der Waals surface area contributed by atoms with Crippen LogP contribution in [0, 0.1) is 11.7 Å². The number of amides is 1. The molecule has 0 aromatic carbocycles. The number of anilines is 1. The van der Waals surface area contributed by atoms with E-state index in [0.717, 1.165) is 50.4 Å². The maximum Gasteiger partial charge on any atom is 0.435 e. The molecule has 0 spiro atoms. The van der Waals surface area contributed by atoms with Gasteiger partial charge in [-0.25, -0.2) is 9.37 Å². The molecule has 4 nitrogen and oxygen atoms in total. The molecule has 0 bridgehead atoms. The first-order valence-corrected chi connectivity index (χ1v) is 8.82. The first kappa shape index (κ1) is 19.3. The van der Waals surface area contributed by atoms with Crippen molar-refractivity contribution in [3.05, 3.63) is 42.1 Å². The monoisotopic (exact) mass is 381 g/mol. The molecule has 0 saturated heterocycles. The zero-order valence-corrected chi connectivity index (χ0v) is 14.5. The van der Waals surface area contributed by atoms with Crippen LogP contribution in [0.1, 0.15) is 44.2 Å². The molecule has 1 saturated carbocycles. The van der Waals surface area contributed by atoms with E-state index in [9.17, 15) is 22.4 Å². The lowest BCUT2D eigenvalue weighted by atomic mass is 9.87.